The van der Waals surface area contributed by atoms with Gasteiger partial charge in [-0.15, -0.1) is 0 Å². The quantitative estimate of drug-likeness (QED) is 0.128. The Labute approximate surface area is 352 Å². The van der Waals surface area contributed by atoms with Gasteiger partial charge in [0.05, 0.1) is 5.69 Å². The van der Waals surface area contributed by atoms with Crippen LogP contribution < -0.4 is 25.3 Å². The van der Waals surface area contributed by atoms with E-state index in [4.69, 9.17) is 13.9 Å². The van der Waals surface area contributed by atoms with Crippen LogP contribution in [0.2, 0.25) is 5.04 Å². The lowest BCUT2D eigenvalue weighted by Crippen LogP contribution is -2.66. The number of ether oxygens (including phenoxy) is 2. The number of anilines is 1. The number of nitrogens with zero attached hydrogens (tertiary/aromatic N) is 2. The summed E-state index contributed by atoms with van der Waals surface area (Å²) in [7, 11) is -2.60. The molecule has 59 heavy (non-hydrogen) atoms. The lowest BCUT2D eigenvalue weighted by Gasteiger charge is -2.43. The maximum atomic E-state index is 14.6. The van der Waals surface area contributed by atoms with Gasteiger partial charge in [-0.1, -0.05) is 112 Å². The number of carbonyl (C=O) groups excluding carboxylic acids is 3. The van der Waals surface area contributed by atoms with Gasteiger partial charge in [-0.2, -0.15) is 0 Å². The minimum absolute atomic E-state index is 0.0167. The van der Waals surface area contributed by atoms with Crippen LogP contribution in [0.1, 0.15) is 102 Å². The van der Waals surface area contributed by atoms with E-state index in [1.54, 1.807) is 24.8 Å². The standard InChI is InChI=1S/C49H63N3O6Si/c1-35(2)52(39-26-24-37(25-27-39)28-31-57-59(48(4,5)6,40-20-14-10-15-21-40)41-22-16-11-17-23-41)45(53)42-33-43-44(32-36(42)3)58-49(7,8)46(54)51(43)30-29-50-47(55)56-34-38-18-12-9-13-19-38/h9-23,32-33,35,37,39H,24-31,34H2,1-8H3,(H,50,55)/t37-,39+. The molecular weight excluding hydrogens is 755 g/mol. The third-order valence-corrected chi connectivity index (χ3v) is 17.1. The third kappa shape index (κ3) is 9.76. The van der Waals surface area contributed by atoms with Gasteiger partial charge in [0.1, 0.15) is 12.4 Å². The van der Waals surface area contributed by atoms with Gasteiger partial charge in [0.15, 0.2) is 5.60 Å². The number of hydrogen-bond acceptors (Lipinski definition) is 6. The molecule has 0 saturated heterocycles. The predicted octanol–water partition coefficient (Wildman–Crippen LogP) is 8.80. The zero-order chi connectivity index (χ0) is 42.4. The summed E-state index contributed by atoms with van der Waals surface area (Å²) >= 11 is 0. The van der Waals surface area contributed by atoms with E-state index < -0.39 is 20.0 Å². The molecule has 9 nitrogen and oxygen atoms in total. The Balaban J connectivity index is 1.12. The maximum Gasteiger partial charge on any atom is 0.407 e. The summed E-state index contributed by atoms with van der Waals surface area (Å²) in [6.07, 6.45) is 4.32. The second-order valence-electron chi connectivity index (χ2n) is 18.0. The Hall–Kier alpha value is -4.93. The highest BCUT2D eigenvalue weighted by Crippen LogP contribution is 2.41. The second kappa shape index (κ2) is 18.5. The van der Waals surface area contributed by atoms with Crippen molar-refractivity contribution in [3.05, 3.63) is 120 Å². The molecule has 1 aliphatic heterocycles. The van der Waals surface area contributed by atoms with Gasteiger partial charge in [-0.05, 0) is 111 Å². The molecule has 4 aromatic rings. The van der Waals surface area contributed by atoms with Crippen LogP contribution in [0, 0.1) is 12.8 Å². The van der Waals surface area contributed by atoms with Gasteiger partial charge in [0.25, 0.3) is 20.1 Å². The van der Waals surface area contributed by atoms with E-state index >= 15 is 0 Å². The van der Waals surface area contributed by atoms with Crippen LogP contribution in [-0.2, 0) is 20.6 Å². The first-order chi connectivity index (χ1) is 28.1. The first-order valence-electron chi connectivity index (χ1n) is 21.3. The number of benzene rings is 4. The largest absolute Gasteiger partial charge is 0.476 e. The molecule has 314 valence electrons. The molecule has 1 aliphatic carbocycles. The fourth-order valence-corrected chi connectivity index (χ4v) is 13.6. The Bertz CT molecular complexity index is 2000. The highest BCUT2D eigenvalue weighted by atomic mass is 28.4. The van der Waals surface area contributed by atoms with E-state index in [0.717, 1.165) is 43.2 Å². The average molecular weight is 818 g/mol. The fourth-order valence-electron chi connectivity index (χ4n) is 9.03. The molecule has 0 bridgehead atoms. The zero-order valence-corrected chi connectivity index (χ0v) is 37.3. The van der Waals surface area contributed by atoms with Crippen LogP contribution in [0.3, 0.4) is 0 Å². The molecule has 3 amide bonds. The van der Waals surface area contributed by atoms with Crippen LogP contribution >= 0.6 is 0 Å². The summed E-state index contributed by atoms with van der Waals surface area (Å²) < 4.78 is 18.8. The number of rotatable bonds is 14. The van der Waals surface area contributed by atoms with Crippen molar-refractivity contribution < 1.29 is 28.3 Å². The van der Waals surface area contributed by atoms with E-state index in [-0.39, 0.29) is 48.6 Å². The van der Waals surface area contributed by atoms with Crippen molar-refractivity contribution in [2.24, 2.45) is 5.92 Å². The topological polar surface area (TPSA) is 97.4 Å². The average Bonchev–Trinajstić information content (AvgIpc) is 3.21. The zero-order valence-electron chi connectivity index (χ0n) is 36.3. The smallest absolute Gasteiger partial charge is 0.407 e. The van der Waals surface area contributed by atoms with Crippen molar-refractivity contribution in [3.8, 4) is 5.75 Å². The Morgan fingerprint density at radius 1 is 0.898 bits per heavy atom. The number of amides is 3. The van der Waals surface area contributed by atoms with Crippen LogP contribution in [0.25, 0.3) is 0 Å². The lowest BCUT2D eigenvalue weighted by atomic mass is 9.83. The summed E-state index contributed by atoms with van der Waals surface area (Å²) in [6, 6.07) is 34.8. The SMILES string of the molecule is Cc1cc2c(cc1C(=O)N(C(C)C)[C@H]1CC[C@@H](CCO[Si](c3ccccc3)(c3ccccc3)C(C)(C)C)CC1)N(CCNC(=O)OCc1ccccc1)C(=O)C(C)(C)O2. The van der Waals surface area contributed by atoms with E-state index in [1.165, 1.54) is 10.4 Å². The number of nitrogens with one attached hydrogen (secondary N) is 1. The molecule has 4 aromatic carbocycles. The molecule has 0 spiro atoms. The van der Waals surface area contributed by atoms with E-state index in [2.05, 4.69) is 101 Å². The number of hydrogen-bond donors (Lipinski definition) is 1. The van der Waals surface area contributed by atoms with Crippen LogP contribution in [0.5, 0.6) is 5.75 Å². The maximum absolute atomic E-state index is 14.6. The first kappa shape index (κ1) is 43.6. The summed E-state index contributed by atoms with van der Waals surface area (Å²) in [5.41, 5.74) is 1.63. The lowest BCUT2D eigenvalue weighted by molar-refractivity contribution is -0.132. The van der Waals surface area contributed by atoms with Crippen molar-refractivity contribution in [3.63, 3.8) is 0 Å². The molecule has 2 aliphatic rings. The number of fused-ring (bicyclic) bond motifs is 1. The summed E-state index contributed by atoms with van der Waals surface area (Å²) in [5.74, 6) is 0.763. The molecule has 0 unspecified atom stereocenters. The molecule has 0 radical (unpaired) electrons. The van der Waals surface area contributed by atoms with Crippen molar-refractivity contribution in [2.45, 2.75) is 117 Å². The molecule has 1 N–H and O–H groups in total. The Morgan fingerprint density at radius 3 is 2.03 bits per heavy atom. The third-order valence-electron chi connectivity index (χ3n) is 12.0. The molecular formula is C49H63N3O6Si. The molecule has 1 heterocycles. The minimum Gasteiger partial charge on any atom is -0.476 e. The van der Waals surface area contributed by atoms with Crippen LogP contribution in [0.15, 0.2) is 103 Å². The first-order valence-corrected chi connectivity index (χ1v) is 23.2. The molecule has 6 rings (SSSR count). The highest BCUT2D eigenvalue weighted by Gasteiger charge is 2.50. The van der Waals surface area contributed by atoms with Gasteiger partial charge in [-0.25, -0.2) is 4.79 Å². The predicted molar refractivity (Wildman–Crippen MR) is 238 cm³/mol. The Kier molecular flexibility index (Phi) is 13.7. The van der Waals surface area contributed by atoms with Gasteiger partial charge in [-0.3, -0.25) is 9.59 Å². The van der Waals surface area contributed by atoms with Crippen molar-refractivity contribution in [2.75, 3.05) is 24.6 Å². The van der Waals surface area contributed by atoms with Gasteiger partial charge < -0.3 is 29.0 Å². The van der Waals surface area contributed by atoms with Crippen LogP contribution in [0.4, 0.5) is 10.5 Å². The summed E-state index contributed by atoms with van der Waals surface area (Å²) in [5, 5.41) is 5.29. The van der Waals surface area contributed by atoms with Crippen LogP contribution in [-0.4, -0.2) is 68.5 Å². The molecule has 0 atom stereocenters. The van der Waals surface area contributed by atoms with Crippen molar-refractivity contribution >= 4 is 42.3 Å². The van der Waals surface area contributed by atoms with Gasteiger partial charge in [0.2, 0.25) is 0 Å². The van der Waals surface area contributed by atoms with Crippen molar-refractivity contribution in [1.82, 2.24) is 10.2 Å². The molecule has 10 heteroatoms. The normalized spacial score (nSPS) is 17.8. The number of alkyl carbamates (subject to hydrolysis) is 1. The summed E-state index contributed by atoms with van der Waals surface area (Å²) in [6.45, 7) is 17.7. The van der Waals surface area contributed by atoms with Gasteiger partial charge >= 0.3 is 6.09 Å². The number of aryl methyl sites for hydroxylation is 1. The fraction of sp³-hybridized carbons (Fsp3) is 0.449. The van der Waals surface area contributed by atoms with E-state index in [1.807, 2.05) is 48.2 Å². The summed E-state index contributed by atoms with van der Waals surface area (Å²) in [4.78, 5) is 44.6. The monoisotopic (exact) mass is 817 g/mol. The van der Waals surface area contributed by atoms with E-state index in [9.17, 15) is 14.4 Å². The van der Waals surface area contributed by atoms with Crippen molar-refractivity contribution in [1.29, 1.82) is 0 Å². The molecule has 1 saturated carbocycles. The van der Waals surface area contributed by atoms with E-state index in [0.29, 0.717) is 29.5 Å². The molecule has 0 aromatic heterocycles. The van der Waals surface area contributed by atoms with Gasteiger partial charge in [0, 0.05) is 37.3 Å². The minimum atomic E-state index is -2.60. The molecule has 1 fully saturated rings. The second-order valence-corrected chi connectivity index (χ2v) is 22.3. The Morgan fingerprint density at radius 2 is 1.47 bits per heavy atom. The highest BCUT2D eigenvalue weighted by molar-refractivity contribution is 6.99. The number of carbonyl (C=O) groups is 3.